The number of hydrogen-bond donors (Lipinski definition) is 1. The summed E-state index contributed by atoms with van der Waals surface area (Å²) in [7, 11) is 0. The Morgan fingerprint density at radius 3 is 2.62 bits per heavy atom. The van der Waals surface area contributed by atoms with Crippen molar-refractivity contribution in [2.75, 3.05) is 13.1 Å². The Hall–Kier alpha value is -0.550. The largest absolute Gasteiger partial charge is 0.316 e. The van der Waals surface area contributed by atoms with Gasteiger partial charge in [-0.1, -0.05) is 6.92 Å². The summed E-state index contributed by atoms with van der Waals surface area (Å²) < 4.78 is 0. The van der Waals surface area contributed by atoms with Gasteiger partial charge in [-0.2, -0.15) is 5.26 Å². The lowest BCUT2D eigenvalue weighted by molar-refractivity contribution is 0.428. The highest BCUT2D eigenvalue weighted by Gasteiger charge is 2.31. The average molecular weight is 180 g/mol. The Balaban J connectivity index is 1.98. The zero-order valence-electron chi connectivity index (χ0n) is 8.93. The standard InChI is InChI=1S/C11H20N2/c1-9-6-10(9)7-13-5-4-11(2,3)8-12/h9-10,13H,4-7H2,1-3H3. The fraction of sp³-hybridized carbons (Fsp3) is 0.909. The molecule has 1 N–H and O–H groups in total. The lowest BCUT2D eigenvalue weighted by atomic mass is 9.91. The van der Waals surface area contributed by atoms with E-state index < -0.39 is 0 Å². The van der Waals surface area contributed by atoms with Gasteiger partial charge in [0.25, 0.3) is 0 Å². The maximum absolute atomic E-state index is 8.78. The van der Waals surface area contributed by atoms with Crippen molar-refractivity contribution >= 4 is 0 Å². The van der Waals surface area contributed by atoms with Gasteiger partial charge in [0.2, 0.25) is 0 Å². The summed E-state index contributed by atoms with van der Waals surface area (Å²) in [5, 5.41) is 12.2. The van der Waals surface area contributed by atoms with E-state index in [-0.39, 0.29) is 5.41 Å². The van der Waals surface area contributed by atoms with Crippen LogP contribution in [0.3, 0.4) is 0 Å². The van der Waals surface area contributed by atoms with E-state index in [0.717, 1.165) is 31.3 Å². The first kappa shape index (κ1) is 10.5. The maximum atomic E-state index is 8.78. The molecule has 0 saturated heterocycles. The third-order valence-corrected chi connectivity index (χ3v) is 2.91. The van der Waals surface area contributed by atoms with Crippen LogP contribution in [0.15, 0.2) is 0 Å². The minimum atomic E-state index is -0.165. The molecule has 74 valence electrons. The SMILES string of the molecule is CC1CC1CNCCC(C)(C)C#N. The summed E-state index contributed by atoms with van der Waals surface area (Å²) >= 11 is 0. The van der Waals surface area contributed by atoms with Crippen molar-refractivity contribution in [1.82, 2.24) is 5.32 Å². The molecule has 0 heterocycles. The zero-order chi connectivity index (χ0) is 9.90. The molecule has 0 aromatic carbocycles. The summed E-state index contributed by atoms with van der Waals surface area (Å²) in [5.41, 5.74) is -0.165. The van der Waals surface area contributed by atoms with Crippen LogP contribution >= 0.6 is 0 Å². The van der Waals surface area contributed by atoms with Crippen LogP contribution in [-0.2, 0) is 0 Å². The molecule has 2 heteroatoms. The first-order valence-corrected chi connectivity index (χ1v) is 5.17. The summed E-state index contributed by atoms with van der Waals surface area (Å²) in [5.74, 6) is 1.83. The predicted molar refractivity (Wildman–Crippen MR) is 54.2 cm³/mol. The van der Waals surface area contributed by atoms with Crippen molar-refractivity contribution in [3.05, 3.63) is 0 Å². The maximum Gasteiger partial charge on any atom is 0.0684 e. The van der Waals surface area contributed by atoms with Gasteiger partial charge in [-0.05, 0) is 51.6 Å². The molecule has 0 aromatic heterocycles. The van der Waals surface area contributed by atoms with Crippen LogP contribution in [0.2, 0.25) is 0 Å². The number of nitrogens with zero attached hydrogens (tertiary/aromatic N) is 1. The Labute approximate surface area is 81.3 Å². The van der Waals surface area contributed by atoms with Gasteiger partial charge in [-0.15, -0.1) is 0 Å². The van der Waals surface area contributed by atoms with Gasteiger partial charge < -0.3 is 5.32 Å². The minimum Gasteiger partial charge on any atom is -0.316 e. The van der Waals surface area contributed by atoms with E-state index in [9.17, 15) is 0 Å². The van der Waals surface area contributed by atoms with E-state index in [2.05, 4.69) is 18.3 Å². The molecule has 1 fully saturated rings. The minimum absolute atomic E-state index is 0.165. The molecular weight excluding hydrogens is 160 g/mol. The van der Waals surface area contributed by atoms with Crippen molar-refractivity contribution in [1.29, 1.82) is 5.26 Å². The first-order valence-electron chi connectivity index (χ1n) is 5.17. The van der Waals surface area contributed by atoms with Crippen LogP contribution < -0.4 is 5.32 Å². The molecule has 0 spiro atoms. The lowest BCUT2D eigenvalue weighted by Gasteiger charge is -2.14. The molecule has 2 unspecified atom stereocenters. The van der Waals surface area contributed by atoms with E-state index in [1.54, 1.807) is 0 Å². The average Bonchev–Trinajstić information content (AvgIpc) is 2.76. The molecule has 1 aliphatic rings. The van der Waals surface area contributed by atoms with Crippen molar-refractivity contribution in [3.8, 4) is 6.07 Å². The number of hydrogen-bond acceptors (Lipinski definition) is 2. The van der Waals surface area contributed by atoms with Crippen molar-refractivity contribution in [2.45, 2.75) is 33.6 Å². The Morgan fingerprint density at radius 1 is 1.54 bits per heavy atom. The van der Waals surface area contributed by atoms with Gasteiger partial charge >= 0.3 is 0 Å². The van der Waals surface area contributed by atoms with E-state index in [4.69, 9.17) is 5.26 Å². The number of nitriles is 1. The zero-order valence-corrected chi connectivity index (χ0v) is 8.93. The molecule has 2 atom stereocenters. The van der Waals surface area contributed by atoms with Crippen molar-refractivity contribution in [2.24, 2.45) is 17.3 Å². The fourth-order valence-corrected chi connectivity index (χ4v) is 1.43. The van der Waals surface area contributed by atoms with Crippen LogP contribution in [0.5, 0.6) is 0 Å². The first-order chi connectivity index (χ1) is 6.05. The molecule has 1 aliphatic carbocycles. The number of rotatable bonds is 5. The molecule has 0 amide bonds. The molecule has 0 aromatic rings. The molecule has 0 aliphatic heterocycles. The van der Waals surface area contributed by atoms with Gasteiger partial charge in [0.15, 0.2) is 0 Å². The van der Waals surface area contributed by atoms with Gasteiger partial charge in [-0.3, -0.25) is 0 Å². The Morgan fingerprint density at radius 2 is 2.15 bits per heavy atom. The number of nitrogens with one attached hydrogen (secondary N) is 1. The molecule has 1 saturated carbocycles. The lowest BCUT2D eigenvalue weighted by Crippen LogP contribution is -2.23. The second-order valence-corrected chi connectivity index (χ2v) is 4.92. The molecule has 1 rings (SSSR count). The summed E-state index contributed by atoms with van der Waals surface area (Å²) in [4.78, 5) is 0. The van der Waals surface area contributed by atoms with Crippen molar-refractivity contribution in [3.63, 3.8) is 0 Å². The van der Waals surface area contributed by atoms with Gasteiger partial charge in [0.05, 0.1) is 11.5 Å². The highest BCUT2D eigenvalue weighted by molar-refractivity contribution is 4.92. The van der Waals surface area contributed by atoms with E-state index in [0.29, 0.717) is 0 Å². The molecular formula is C11H20N2. The summed E-state index contributed by atoms with van der Waals surface area (Å²) in [6.07, 6.45) is 2.33. The van der Waals surface area contributed by atoms with Crippen LogP contribution in [0.4, 0.5) is 0 Å². The topological polar surface area (TPSA) is 35.8 Å². The normalized spacial score (nSPS) is 26.9. The highest BCUT2D eigenvalue weighted by atomic mass is 14.9. The van der Waals surface area contributed by atoms with Gasteiger partial charge in [0.1, 0.15) is 0 Å². The molecule has 0 radical (unpaired) electrons. The van der Waals surface area contributed by atoms with E-state index >= 15 is 0 Å². The van der Waals surface area contributed by atoms with Crippen molar-refractivity contribution < 1.29 is 0 Å². The smallest absolute Gasteiger partial charge is 0.0684 e. The predicted octanol–water partition coefficient (Wildman–Crippen LogP) is 2.17. The monoisotopic (exact) mass is 180 g/mol. The second kappa shape index (κ2) is 4.11. The summed E-state index contributed by atoms with van der Waals surface area (Å²) in [6, 6.07) is 2.31. The van der Waals surface area contributed by atoms with Crippen LogP contribution in [0.25, 0.3) is 0 Å². The second-order valence-electron chi connectivity index (χ2n) is 4.92. The van der Waals surface area contributed by atoms with Gasteiger partial charge in [0, 0.05) is 0 Å². The van der Waals surface area contributed by atoms with E-state index in [1.165, 1.54) is 6.42 Å². The van der Waals surface area contributed by atoms with Crippen LogP contribution in [0.1, 0.15) is 33.6 Å². The molecule has 13 heavy (non-hydrogen) atoms. The highest BCUT2D eigenvalue weighted by Crippen LogP contribution is 2.36. The van der Waals surface area contributed by atoms with E-state index in [1.807, 2.05) is 13.8 Å². The third-order valence-electron chi connectivity index (χ3n) is 2.91. The van der Waals surface area contributed by atoms with Gasteiger partial charge in [-0.25, -0.2) is 0 Å². The van der Waals surface area contributed by atoms with Crippen LogP contribution in [-0.4, -0.2) is 13.1 Å². The summed E-state index contributed by atoms with van der Waals surface area (Å²) in [6.45, 7) is 8.40. The quantitative estimate of drug-likeness (QED) is 0.658. The molecule has 2 nitrogen and oxygen atoms in total. The van der Waals surface area contributed by atoms with Crippen LogP contribution in [0, 0.1) is 28.6 Å². The molecule has 0 bridgehead atoms. The fourth-order valence-electron chi connectivity index (χ4n) is 1.43. The Bertz CT molecular complexity index is 203. The Kier molecular flexibility index (Phi) is 3.33. The third kappa shape index (κ3) is 3.78.